The van der Waals surface area contributed by atoms with Crippen LogP contribution in [0.25, 0.3) is 11.1 Å². The SMILES string of the molecule is CC(=O)N1CCC2=C(C1)C(N1CCCc3cc(-c4cnn(C)c4)c(C(F)F)cc31)=N[N+]2=C1CCC(N2CCCC(Oc3ncc(C(=O)NC4C(C)(C)C(Oc5ccc(C#N)c(C)c5)C4(C)C)cn3)CCC2)CC1. The van der Waals surface area contributed by atoms with E-state index in [-0.39, 0.29) is 52.5 Å². The van der Waals surface area contributed by atoms with Crippen molar-refractivity contribution in [1.82, 2.24) is 34.9 Å². The monoisotopic (exact) mass is 997 g/mol. The molecule has 2 aromatic carbocycles. The lowest BCUT2D eigenvalue weighted by molar-refractivity contribution is -0.484. The Bertz CT molecular complexity index is 2900. The first kappa shape index (κ1) is 50.0. The third-order valence-corrected chi connectivity index (χ3v) is 16.5. The molecule has 10 rings (SSSR count). The van der Waals surface area contributed by atoms with Crippen molar-refractivity contribution in [2.45, 2.75) is 143 Å². The minimum Gasteiger partial charge on any atom is -0.489 e. The van der Waals surface area contributed by atoms with Gasteiger partial charge in [0.05, 0.1) is 41.9 Å². The number of anilines is 1. The Morgan fingerprint density at radius 3 is 2.27 bits per heavy atom. The minimum absolute atomic E-state index is 0.0160. The summed E-state index contributed by atoms with van der Waals surface area (Å²) in [5.74, 6) is 1.25. The molecule has 1 N–H and O–H groups in total. The van der Waals surface area contributed by atoms with Crippen molar-refractivity contribution in [3.8, 4) is 29.0 Å². The Hall–Kier alpha value is -6.54. The molecule has 0 radical (unpaired) electrons. The summed E-state index contributed by atoms with van der Waals surface area (Å²) in [6.07, 6.45) is 13.6. The molecule has 4 aliphatic heterocycles. The number of halogens is 2. The fourth-order valence-corrected chi connectivity index (χ4v) is 12.9. The lowest BCUT2D eigenvalue weighted by atomic mass is 9.49. The van der Waals surface area contributed by atoms with Gasteiger partial charge in [0.15, 0.2) is 5.71 Å². The zero-order chi connectivity index (χ0) is 51.3. The van der Waals surface area contributed by atoms with Crippen molar-refractivity contribution in [3.63, 3.8) is 0 Å². The van der Waals surface area contributed by atoms with Crippen LogP contribution in [0.1, 0.15) is 138 Å². The molecule has 2 aliphatic carbocycles. The third-order valence-electron chi connectivity index (χ3n) is 16.5. The number of fused-ring (bicyclic) bond motifs is 1. The van der Waals surface area contributed by atoms with Crippen molar-refractivity contribution in [2.24, 2.45) is 23.0 Å². The average molecular weight is 997 g/mol. The quantitative estimate of drug-likeness (QED) is 0.161. The average Bonchev–Trinajstić information content (AvgIpc) is 3.98. The summed E-state index contributed by atoms with van der Waals surface area (Å²) in [6, 6.07) is 11.8. The molecule has 3 fully saturated rings. The Morgan fingerprint density at radius 2 is 1.63 bits per heavy atom. The molecule has 73 heavy (non-hydrogen) atoms. The van der Waals surface area contributed by atoms with E-state index in [1.807, 2.05) is 30.0 Å². The summed E-state index contributed by atoms with van der Waals surface area (Å²) in [5, 5.41) is 22.2. The molecule has 1 saturated heterocycles. The number of nitriles is 1. The number of carbonyl (C=O) groups is 2. The number of aromatic nitrogens is 4. The molecule has 2 saturated carbocycles. The van der Waals surface area contributed by atoms with Gasteiger partial charge in [-0.05, 0) is 118 Å². The highest BCUT2D eigenvalue weighted by atomic mass is 19.3. The smallest absolute Gasteiger partial charge is 0.316 e. The number of amides is 2. The number of amidine groups is 1. The molecule has 0 unspecified atom stereocenters. The Morgan fingerprint density at radius 1 is 0.904 bits per heavy atom. The van der Waals surface area contributed by atoms with Gasteiger partial charge in [-0.15, -0.1) is 0 Å². The van der Waals surface area contributed by atoms with E-state index in [1.54, 1.807) is 55.6 Å². The zero-order valence-corrected chi connectivity index (χ0v) is 43.3. The first-order valence-corrected chi connectivity index (χ1v) is 26.1. The number of hydrogen-bond acceptors (Lipinski definition) is 11. The van der Waals surface area contributed by atoms with E-state index in [2.05, 4.69) is 68.6 Å². The summed E-state index contributed by atoms with van der Waals surface area (Å²) >= 11 is 0. The highest BCUT2D eigenvalue weighted by molar-refractivity contribution is 6.12. The molecule has 6 aliphatic rings. The predicted molar refractivity (Wildman–Crippen MR) is 274 cm³/mol. The Kier molecular flexibility index (Phi) is 13.7. The minimum atomic E-state index is -2.66. The van der Waals surface area contributed by atoms with Crippen LogP contribution < -0.4 is 19.7 Å². The number of nitrogens with zero attached hydrogens (tertiary/aromatic N) is 10. The number of benzene rings is 2. The van der Waals surface area contributed by atoms with Crippen LogP contribution in [0.4, 0.5) is 14.5 Å². The van der Waals surface area contributed by atoms with Crippen molar-refractivity contribution in [1.29, 1.82) is 5.26 Å². The lowest BCUT2D eigenvalue weighted by Gasteiger charge is -2.63. The Balaban J connectivity index is 0.749. The van der Waals surface area contributed by atoms with Gasteiger partial charge in [-0.3, -0.25) is 14.3 Å². The lowest BCUT2D eigenvalue weighted by Crippen LogP contribution is -2.74. The number of ether oxygens (including phenoxy) is 2. The second-order valence-corrected chi connectivity index (χ2v) is 22.1. The maximum Gasteiger partial charge on any atom is 0.316 e. The molecule has 0 spiro atoms. The second-order valence-electron chi connectivity index (χ2n) is 22.1. The van der Waals surface area contributed by atoms with Crippen molar-refractivity contribution in [2.75, 3.05) is 37.6 Å². The number of hydrazone groups is 1. The van der Waals surface area contributed by atoms with Crippen LogP contribution in [-0.2, 0) is 18.3 Å². The number of rotatable bonds is 9. The molecule has 4 aromatic rings. The molecule has 17 heteroatoms. The van der Waals surface area contributed by atoms with E-state index >= 15 is 0 Å². The molecule has 2 amide bonds. The van der Waals surface area contributed by atoms with Crippen LogP contribution in [0.5, 0.6) is 11.8 Å². The van der Waals surface area contributed by atoms with Gasteiger partial charge in [0, 0.05) is 103 Å². The van der Waals surface area contributed by atoms with E-state index in [9.17, 15) is 23.6 Å². The van der Waals surface area contributed by atoms with E-state index in [0.29, 0.717) is 60.1 Å². The summed E-state index contributed by atoms with van der Waals surface area (Å²) in [7, 11) is 1.79. The van der Waals surface area contributed by atoms with Gasteiger partial charge in [0.2, 0.25) is 17.4 Å². The standard InChI is InChI=1S/C56H67F2N11O4/c1-34-25-43(19-14-37(34)28-59)72-53-55(3,4)52(56(53,5)6)63-51(71)38-29-60-54(61-30-38)73-42-12-9-21-66(22-10-13-42)40-15-17-41(18-16-40)69-47-20-24-67(35(2)70)33-46(47)50(64-69)68-23-8-11-36-26-44(39-31-62-65(7)32-39)45(49(57)58)27-48(36)68/h14,19,25-27,29-32,40,42,49,52-53H,8-13,15-18,20-24,33H2,1-7H3/p+1. The van der Waals surface area contributed by atoms with Crippen molar-refractivity contribution >= 4 is 29.0 Å². The highest BCUT2D eigenvalue weighted by Gasteiger charge is 2.64. The number of carbonyl (C=O) groups excluding carboxylic acids is 2. The molecular weight excluding hydrogens is 929 g/mol. The van der Waals surface area contributed by atoms with E-state index in [0.717, 1.165) is 111 Å². The summed E-state index contributed by atoms with van der Waals surface area (Å²) in [4.78, 5) is 41.9. The van der Waals surface area contributed by atoms with Gasteiger partial charge in [-0.1, -0.05) is 32.4 Å². The van der Waals surface area contributed by atoms with Gasteiger partial charge in [0.25, 0.3) is 12.3 Å². The second kappa shape index (κ2) is 20.1. The maximum absolute atomic E-state index is 14.8. The van der Waals surface area contributed by atoms with Gasteiger partial charge in [-0.25, -0.2) is 18.7 Å². The van der Waals surface area contributed by atoms with Crippen molar-refractivity contribution in [3.05, 3.63) is 94.2 Å². The number of nitrogens with one attached hydrogen (secondary N) is 1. The van der Waals surface area contributed by atoms with Gasteiger partial charge in [0.1, 0.15) is 18.0 Å². The predicted octanol–water partition coefficient (Wildman–Crippen LogP) is 8.91. The van der Waals surface area contributed by atoms with Crippen LogP contribution >= 0.6 is 0 Å². The van der Waals surface area contributed by atoms with Gasteiger partial charge in [-0.2, -0.15) is 10.4 Å². The van der Waals surface area contributed by atoms with Crippen LogP contribution in [0.15, 0.2) is 71.5 Å². The summed E-state index contributed by atoms with van der Waals surface area (Å²) < 4.78 is 46.2. The summed E-state index contributed by atoms with van der Waals surface area (Å²) in [5.41, 5.74) is 7.49. The summed E-state index contributed by atoms with van der Waals surface area (Å²) in [6.45, 7) is 15.6. The molecule has 384 valence electrons. The fourth-order valence-electron chi connectivity index (χ4n) is 12.9. The number of alkyl halides is 2. The van der Waals surface area contributed by atoms with Crippen LogP contribution in [0.3, 0.4) is 0 Å². The fraction of sp³-hybridized carbons (Fsp3) is 0.536. The highest BCUT2D eigenvalue weighted by Crippen LogP contribution is 2.55. The zero-order valence-electron chi connectivity index (χ0n) is 43.3. The van der Waals surface area contributed by atoms with Gasteiger partial charge >= 0.3 is 6.01 Å². The first-order valence-electron chi connectivity index (χ1n) is 26.1. The molecule has 6 heterocycles. The largest absolute Gasteiger partial charge is 0.489 e. The van der Waals surface area contributed by atoms with Gasteiger partial charge < -0.3 is 29.5 Å². The normalized spacial score (nSPS) is 23.2. The number of likely N-dealkylation sites (tertiary alicyclic amines) is 1. The van der Waals surface area contributed by atoms with E-state index < -0.39 is 6.43 Å². The molecule has 15 nitrogen and oxygen atoms in total. The first-order chi connectivity index (χ1) is 35.0. The van der Waals surface area contributed by atoms with Crippen LogP contribution in [0.2, 0.25) is 0 Å². The maximum atomic E-state index is 14.8. The van der Waals surface area contributed by atoms with Crippen LogP contribution in [0, 0.1) is 29.1 Å². The number of aryl methyl sites for hydroxylation is 3. The van der Waals surface area contributed by atoms with Crippen molar-refractivity contribution < 1.29 is 32.5 Å². The number of hydrogen-bond donors (Lipinski definition) is 1. The molecule has 0 bridgehead atoms. The molecule has 0 atom stereocenters. The molecule has 2 aromatic heterocycles. The van der Waals surface area contributed by atoms with Crippen LogP contribution in [-0.4, -0.2) is 115 Å². The third kappa shape index (κ3) is 9.75. The van der Waals surface area contributed by atoms with E-state index in [4.69, 9.17) is 14.6 Å². The molecular formula is C56H68F2N11O4+. The Labute approximate surface area is 427 Å². The van der Waals surface area contributed by atoms with E-state index in [1.165, 1.54) is 5.71 Å². The topological polar surface area (TPSA) is 157 Å².